The summed E-state index contributed by atoms with van der Waals surface area (Å²) in [7, 11) is -0.659. The van der Waals surface area contributed by atoms with Crippen LogP contribution in [0.2, 0.25) is 10.0 Å². The summed E-state index contributed by atoms with van der Waals surface area (Å²) < 4.78 is 37.4. The third-order valence-corrected chi connectivity index (χ3v) is 5.22. The summed E-state index contributed by atoms with van der Waals surface area (Å²) in [6.07, 6.45) is 0. The maximum atomic E-state index is 12.3. The number of sulfonamides is 1. The summed E-state index contributed by atoms with van der Waals surface area (Å²) in [6, 6.07) is 9.28. The van der Waals surface area contributed by atoms with Crippen molar-refractivity contribution >= 4 is 33.2 Å². The van der Waals surface area contributed by atoms with Crippen molar-refractivity contribution in [3.63, 3.8) is 0 Å². The van der Waals surface area contributed by atoms with Crippen molar-refractivity contribution in [1.82, 2.24) is 4.72 Å². The molecule has 0 aliphatic rings. The fourth-order valence-electron chi connectivity index (χ4n) is 1.87. The van der Waals surface area contributed by atoms with Crippen LogP contribution in [0, 0.1) is 0 Å². The molecule has 0 aliphatic carbocycles. The van der Waals surface area contributed by atoms with Crippen LogP contribution in [-0.4, -0.2) is 22.6 Å². The number of benzene rings is 2. The van der Waals surface area contributed by atoms with E-state index in [0.29, 0.717) is 22.1 Å². The van der Waals surface area contributed by atoms with E-state index in [-0.39, 0.29) is 16.5 Å². The zero-order valence-electron chi connectivity index (χ0n) is 12.5. The normalized spacial score (nSPS) is 11.3. The minimum Gasteiger partial charge on any atom is -0.497 e. The van der Waals surface area contributed by atoms with Crippen LogP contribution < -0.4 is 14.2 Å². The van der Waals surface area contributed by atoms with Gasteiger partial charge in [0.1, 0.15) is 11.5 Å². The first-order valence-corrected chi connectivity index (χ1v) is 8.76. The van der Waals surface area contributed by atoms with Crippen LogP contribution in [0.1, 0.15) is 5.56 Å². The quantitative estimate of drug-likeness (QED) is 0.838. The lowest BCUT2D eigenvalue weighted by molar-refractivity contribution is 0.393. The molecule has 124 valence electrons. The second-order valence-electron chi connectivity index (χ2n) is 4.62. The summed E-state index contributed by atoms with van der Waals surface area (Å²) in [5, 5.41) is 0.473. The van der Waals surface area contributed by atoms with Crippen LogP contribution in [0.15, 0.2) is 41.3 Å². The minimum absolute atomic E-state index is 0.0433. The van der Waals surface area contributed by atoms with Crippen molar-refractivity contribution in [2.24, 2.45) is 0 Å². The van der Waals surface area contributed by atoms with Crippen LogP contribution >= 0.6 is 23.2 Å². The van der Waals surface area contributed by atoms with Crippen molar-refractivity contribution in [3.8, 4) is 11.5 Å². The fraction of sp³-hybridized carbons (Fsp3) is 0.200. The highest BCUT2D eigenvalue weighted by Crippen LogP contribution is 2.25. The monoisotopic (exact) mass is 375 g/mol. The molecular formula is C15H15Cl2NO4S. The first-order valence-electron chi connectivity index (χ1n) is 6.52. The molecule has 0 amide bonds. The number of hydrogen-bond donors (Lipinski definition) is 1. The first-order chi connectivity index (χ1) is 10.9. The van der Waals surface area contributed by atoms with E-state index in [1.54, 1.807) is 18.2 Å². The molecule has 0 aliphatic heterocycles. The average molecular weight is 376 g/mol. The molecule has 0 bridgehead atoms. The maximum absolute atomic E-state index is 12.3. The Hall–Kier alpha value is -1.47. The van der Waals surface area contributed by atoms with Gasteiger partial charge in [0.15, 0.2) is 0 Å². The number of methoxy groups -OCH3 is 2. The Labute approximate surface area is 145 Å². The molecule has 0 saturated carbocycles. The zero-order chi connectivity index (χ0) is 17.0. The predicted octanol–water partition coefficient (Wildman–Crippen LogP) is 3.49. The first kappa shape index (κ1) is 17.9. The lowest BCUT2D eigenvalue weighted by atomic mass is 10.2. The van der Waals surface area contributed by atoms with E-state index in [9.17, 15) is 8.42 Å². The van der Waals surface area contributed by atoms with E-state index in [4.69, 9.17) is 32.7 Å². The molecule has 2 rings (SSSR count). The Bertz CT molecular complexity index is 787. The van der Waals surface area contributed by atoms with Gasteiger partial charge in [-0.2, -0.15) is 0 Å². The third-order valence-electron chi connectivity index (χ3n) is 3.08. The Kier molecular flexibility index (Phi) is 5.75. The van der Waals surface area contributed by atoms with E-state index in [2.05, 4.69) is 4.72 Å². The molecule has 0 radical (unpaired) electrons. The van der Waals surface area contributed by atoms with Crippen LogP contribution in [-0.2, 0) is 16.6 Å². The summed E-state index contributed by atoms with van der Waals surface area (Å²) in [6.45, 7) is 0.0795. The topological polar surface area (TPSA) is 64.6 Å². The highest BCUT2D eigenvalue weighted by Gasteiger charge is 2.15. The summed E-state index contributed by atoms with van der Waals surface area (Å²) in [4.78, 5) is 0.0433. The van der Waals surface area contributed by atoms with E-state index < -0.39 is 10.0 Å². The number of nitrogens with one attached hydrogen (secondary N) is 1. The van der Waals surface area contributed by atoms with Crippen LogP contribution in [0.3, 0.4) is 0 Å². The van der Waals surface area contributed by atoms with E-state index in [1.165, 1.54) is 32.4 Å². The van der Waals surface area contributed by atoms with E-state index in [0.717, 1.165) is 0 Å². The Balaban J connectivity index is 2.20. The van der Waals surface area contributed by atoms with Gasteiger partial charge in [-0.15, -0.1) is 0 Å². The number of rotatable bonds is 6. The van der Waals surface area contributed by atoms with Gasteiger partial charge < -0.3 is 9.47 Å². The molecule has 0 spiro atoms. The van der Waals surface area contributed by atoms with Gasteiger partial charge in [-0.3, -0.25) is 0 Å². The molecule has 23 heavy (non-hydrogen) atoms. The molecule has 0 saturated heterocycles. The standard InChI is InChI=1S/C15H15Cl2NO4S/c1-21-11-5-10(6-12(7-11)22-2)9-18-23(19,20)13-3-4-14(16)15(17)8-13/h3-8,18H,9H2,1-2H3. The lowest BCUT2D eigenvalue weighted by Gasteiger charge is -2.10. The molecule has 0 unspecified atom stereocenters. The van der Waals surface area contributed by atoms with Crippen molar-refractivity contribution in [1.29, 1.82) is 0 Å². The Morgan fingerprint density at radius 1 is 0.957 bits per heavy atom. The summed E-state index contributed by atoms with van der Waals surface area (Å²) in [5.41, 5.74) is 0.699. The summed E-state index contributed by atoms with van der Waals surface area (Å²) >= 11 is 11.7. The van der Waals surface area contributed by atoms with Gasteiger partial charge in [-0.05, 0) is 35.9 Å². The van der Waals surface area contributed by atoms with Crippen molar-refractivity contribution in [2.75, 3.05) is 14.2 Å². The molecule has 0 heterocycles. The van der Waals surface area contributed by atoms with Crippen LogP contribution in [0.5, 0.6) is 11.5 Å². The summed E-state index contributed by atoms with van der Waals surface area (Å²) in [5.74, 6) is 1.15. The molecule has 2 aromatic carbocycles. The van der Waals surface area contributed by atoms with Crippen molar-refractivity contribution < 1.29 is 17.9 Å². The highest BCUT2D eigenvalue weighted by atomic mass is 35.5. The number of hydrogen-bond acceptors (Lipinski definition) is 4. The molecule has 5 nitrogen and oxygen atoms in total. The van der Waals surface area contributed by atoms with Crippen LogP contribution in [0.25, 0.3) is 0 Å². The zero-order valence-corrected chi connectivity index (χ0v) is 14.8. The molecule has 0 fully saturated rings. The van der Waals surface area contributed by atoms with E-state index in [1.807, 2.05) is 0 Å². The molecular weight excluding hydrogens is 361 g/mol. The minimum atomic E-state index is -3.71. The van der Waals surface area contributed by atoms with Crippen molar-refractivity contribution in [3.05, 3.63) is 52.0 Å². The largest absolute Gasteiger partial charge is 0.497 e. The predicted molar refractivity (Wildman–Crippen MR) is 90.0 cm³/mol. The lowest BCUT2D eigenvalue weighted by Crippen LogP contribution is -2.23. The van der Waals surface area contributed by atoms with Gasteiger partial charge in [-0.25, -0.2) is 13.1 Å². The van der Waals surface area contributed by atoms with Crippen molar-refractivity contribution in [2.45, 2.75) is 11.4 Å². The molecule has 0 atom stereocenters. The van der Waals surface area contributed by atoms with Crippen LogP contribution in [0.4, 0.5) is 0 Å². The molecule has 8 heteroatoms. The molecule has 0 aromatic heterocycles. The highest BCUT2D eigenvalue weighted by molar-refractivity contribution is 7.89. The van der Waals surface area contributed by atoms with Gasteiger partial charge in [0, 0.05) is 12.6 Å². The van der Waals surface area contributed by atoms with Gasteiger partial charge in [0.05, 0.1) is 29.2 Å². The number of ether oxygens (including phenoxy) is 2. The molecule has 1 N–H and O–H groups in total. The second-order valence-corrected chi connectivity index (χ2v) is 7.20. The Morgan fingerprint density at radius 2 is 1.57 bits per heavy atom. The fourth-order valence-corrected chi connectivity index (χ4v) is 3.28. The smallest absolute Gasteiger partial charge is 0.240 e. The second kappa shape index (κ2) is 7.40. The van der Waals surface area contributed by atoms with Gasteiger partial charge in [0.2, 0.25) is 10.0 Å². The molecule has 2 aromatic rings. The van der Waals surface area contributed by atoms with E-state index >= 15 is 0 Å². The average Bonchev–Trinajstić information content (AvgIpc) is 2.55. The third kappa shape index (κ3) is 4.51. The number of halogens is 2. The van der Waals surface area contributed by atoms with Gasteiger partial charge in [-0.1, -0.05) is 23.2 Å². The Morgan fingerprint density at radius 3 is 2.09 bits per heavy atom. The van der Waals surface area contributed by atoms with Gasteiger partial charge in [0.25, 0.3) is 0 Å². The maximum Gasteiger partial charge on any atom is 0.240 e. The SMILES string of the molecule is COc1cc(CNS(=O)(=O)c2ccc(Cl)c(Cl)c2)cc(OC)c1. The van der Waals surface area contributed by atoms with Gasteiger partial charge >= 0.3 is 0 Å².